The average Bonchev–Trinajstić information content (AvgIpc) is 3.22. The second-order valence-corrected chi connectivity index (χ2v) is 11.9. The van der Waals surface area contributed by atoms with Gasteiger partial charge in [-0.25, -0.2) is 0 Å². The van der Waals surface area contributed by atoms with Crippen molar-refractivity contribution in [3.8, 4) is 0 Å². The van der Waals surface area contributed by atoms with Gasteiger partial charge in [0, 0.05) is 24.3 Å². The fraction of sp³-hybridized carbons (Fsp3) is 0.720. The van der Waals surface area contributed by atoms with Gasteiger partial charge in [-0.3, -0.25) is 4.99 Å². The molecule has 0 radical (unpaired) electrons. The summed E-state index contributed by atoms with van der Waals surface area (Å²) in [6, 6.07) is 7.40. The number of aliphatic hydroxyl groups is 1. The molecule has 30 heavy (non-hydrogen) atoms. The van der Waals surface area contributed by atoms with E-state index in [4.69, 9.17) is 10.7 Å². The molecule has 2 heterocycles. The maximum absolute atomic E-state index is 9.19. The van der Waals surface area contributed by atoms with Crippen LogP contribution in [0.1, 0.15) is 76.1 Å². The number of aliphatic imine (C=N–C) groups is 1. The number of rotatable bonds is 5. The van der Waals surface area contributed by atoms with Crippen molar-refractivity contribution < 1.29 is 5.11 Å². The van der Waals surface area contributed by atoms with Crippen LogP contribution in [0.2, 0.25) is 0 Å². The van der Waals surface area contributed by atoms with Gasteiger partial charge in [-0.2, -0.15) is 0 Å². The molecular weight excluding hydrogens is 390 g/mol. The molecule has 166 valence electrons. The number of piperidine rings is 1. The average molecular weight is 430 g/mol. The van der Waals surface area contributed by atoms with E-state index in [-0.39, 0.29) is 23.5 Å². The molecule has 1 saturated heterocycles. The van der Waals surface area contributed by atoms with Crippen LogP contribution < -0.4 is 5.73 Å². The molecule has 1 aromatic rings. The lowest BCUT2D eigenvalue weighted by atomic mass is 9.63. The molecule has 5 heteroatoms. The summed E-state index contributed by atoms with van der Waals surface area (Å²) < 4.78 is 0. The summed E-state index contributed by atoms with van der Waals surface area (Å²) in [6.45, 7) is 12.6. The third-order valence-electron chi connectivity index (χ3n) is 7.60. The van der Waals surface area contributed by atoms with Gasteiger partial charge < -0.3 is 15.7 Å². The summed E-state index contributed by atoms with van der Waals surface area (Å²) in [5, 5.41) is 10.6. The highest BCUT2D eigenvalue weighted by molar-refractivity contribution is 8.14. The SMILES string of the molecule is CC1(C)CCC(C)(C)c2cc(C3CSC(C4CCN(C[C@@H](N)CO)CC4)=N3)ccc21. The van der Waals surface area contributed by atoms with E-state index < -0.39 is 0 Å². The van der Waals surface area contributed by atoms with Gasteiger partial charge in [0.05, 0.1) is 17.7 Å². The molecule has 4 rings (SSSR count). The molecule has 0 bridgehead atoms. The van der Waals surface area contributed by atoms with Gasteiger partial charge in [0.2, 0.25) is 0 Å². The van der Waals surface area contributed by atoms with Crippen LogP contribution in [0.5, 0.6) is 0 Å². The van der Waals surface area contributed by atoms with Crippen molar-refractivity contribution in [2.24, 2.45) is 16.6 Å². The molecule has 3 aliphatic rings. The molecule has 2 aliphatic heterocycles. The first-order chi connectivity index (χ1) is 14.2. The zero-order valence-electron chi connectivity index (χ0n) is 19.2. The van der Waals surface area contributed by atoms with Crippen molar-refractivity contribution in [1.82, 2.24) is 4.90 Å². The molecule has 2 atom stereocenters. The minimum atomic E-state index is -0.123. The van der Waals surface area contributed by atoms with Crippen molar-refractivity contribution in [2.45, 2.75) is 76.3 Å². The Morgan fingerprint density at radius 3 is 2.47 bits per heavy atom. The molecule has 0 spiro atoms. The van der Waals surface area contributed by atoms with Gasteiger partial charge in [0.15, 0.2) is 0 Å². The Hall–Kier alpha value is -0.880. The van der Waals surface area contributed by atoms with Crippen molar-refractivity contribution in [3.05, 3.63) is 34.9 Å². The summed E-state index contributed by atoms with van der Waals surface area (Å²) in [7, 11) is 0. The number of aliphatic hydroxyl groups excluding tert-OH is 1. The second-order valence-electron chi connectivity index (χ2n) is 10.9. The van der Waals surface area contributed by atoms with Crippen LogP contribution in [0.4, 0.5) is 0 Å². The van der Waals surface area contributed by atoms with Crippen LogP contribution in [0.3, 0.4) is 0 Å². The van der Waals surface area contributed by atoms with Crippen molar-refractivity contribution in [1.29, 1.82) is 0 Å². The molecule has 1 aromatic carbocycles. The Labute approximate surface area is 186 Å². The van der Waals surface area contributed by atoms with Gasteiger partial charge in [0.1, 0.15) is 0 Å². The fourth-order valence-electron chi connectivity index (χ4n) is 5.35. The van der Waals surface area contributed by atoms with E-state index >= 15 is 0 Å². The summed E-state index contributed by atoms with van der Waals surface area (Å²) in [6.07, 6.45) is 4.82. The monoisotopic (exact) mass is 429 g/mol. The van der Waals surface area contributed by atoms with Crippen molar-refractivity contribution >= 4 is 16.8 Å². The topological polar surface area (TPSA) is 61.8 Å². The third kappa shape index (κ3) is 4.50. The van der Waals surface area contributed by atoms with E-state index in [1.807, 2.05) is 11.8 Å². The quantitative estimate of drug-likeness (QED) is 0.734. The standard InChI is InChI=1S/C25H39N3OS/c1-24(2)9-10-25(3,4)21-13-18(5-6-20(21)24)22-16-30-23(27-22)17-7-11-28(12-8-17)14-19(26)15-29/h5-6,13,17,19,22,29H,7-12,14-16,26H2,1-4H3/t19-,22?/m1/s1. The molecule has 0 aromatic heterocycles. The number of hydrogen-bond donors (Lipinski definition) is 2. The summed E-state index contributed by atoms with van der Waals surface area (Å²) in [5.41, 5.74) is 10.9. The normalized spacial score (nSPS) is 27.5. The Morgan fingerprint density at radius 1 is 1.13 bits per heavy atom. The van der Waals surface area contributed by atoms with Crippen molar-refractivity contribution in [3.63, 3.8) is 0 Å². The molecule has 0 saturated carbocycles. The largest absolute Gasteiger partial charge is 0.395 e. The Morgan fingerprint density at radius 2 is 1.80 bits per heavy atom. The first-order valence-electron chi connectivity index (χ1n) is 11.6. The molecule has 1 unspecified atom stereocenters. The highest BCUT2D eigenvalue weighted by atomic mass is 32.2. The Balaban J connectivity index is 1.46. The summed E-state index contributed by atoms with van der Waals surface area (Å²) >= 11 is 1.98. The number of hydrogen-bond acceptors (Lipinski definition) is 5. The Bertz CT molecular complexity index is 796. The number of likely N-dealkylation sites (tertiary alicyclic amines) is 1. The number of nitrogens with zero attached hydrogens (tertiary/aromatic N) is 2. The van der Waals surface area contributed by atoms with Gasteiger partial charge in [-0.15, -0.1) is 11.8 Å². The smallest absolute Gasteiger partial charge is 0.0853 e. The van der Waals surface area contributed by atoms with Crippen LogP contribution >= 0.6 is 11.8 Å². The summed E-state index contributed by atoms with van der Waals surface area (Å²) in [4.78, 5) is 7.60. The first kappa shape index (κ1) is 22.3. The number of thioether (sulfide) groups is 1. The Kier molecular flexibility index (Phi) is 6.38. The van der Waals surface area contributed by atoms with E-state index in [2.05, 4.69) is 50.8 Å². The number of fused-ring (bicyclic) bond motifs is 1. The molecule has 4 nitrogen and oxygen atoms in total. The van der Waals surface area contributed by atoms with E-state index in [9.17, 15) is 5.11 Å². The van der Waals surface area contributed by atoms with Crippen LogP contribution in [0, 0.1) is 5.92 Å². The number of benzene rings is 1. The first-order valence-corrected chi connectivity index (χ1v) is 12.6. The third-order valence-corrected chi connectivity index (χ3v) is 8.81. The van der Waals surface area contributed by atoms with E-state index in [1.165, 1.54) is 29.0 Å². The molecule has 1 aliphatic carbocycles. The van der Waals surface area contributed by atoms with E-state index in [0.29, 0.717) is 12.0 Å². The second kappa shape index (κ2) is 8.57. The maximum atomic E-state index is 9.19. The van der Waals surface area contributed by atoms with Crippen LogP contribution in [0.15, 0.2) is 23.2 Å². The minimum Gasteiger partial charge on any atom is -0.395 e. The highest BCUT2D eigenvalue weighted by Gasteiger charge is 2.38. The van der Waals surface area contributed by atoms with Gasteiger partial charge in [-0.1, -0.05) is 45.9 Å². The maximum Gasteiger partial charge on any atom is 0.0853 e. The zero-order valence-corrected chi connectivity index (χ0v) is 20.0. The van der Waals surface area contributed by atoms with Crippen molar-refractivity contribution in [2.75, 3.05) is 32.0 Å². The lowest BCUT2D eigenvalue weighted by Gasteiger charge is -2.42. The predicted molar refractivity (Wildman–Crippen MR) is 129 cm³/mol. The van der Waals surface area contributed by atoms with Gasteiger partial charge >= 0.3 is 0 Å². The van der Waals surface area contributed by atoms with Gasteiger partial charge in [0.25, 0.3) is 0 Å². The van der Waals surface area contributed by atoms with Crippen LogP contribution in [-0.4, -0.2) is 53.1 Å². The molecule has 1 fully saturated rings. The molecule has 0 amide bonds. The van der Waals surface area contributed by atoms with E-state index in [1.54, 1.807) is 5.56 Å². The number of nitrogens with two attached hydrogens (primary N) is 1. The lowest BCUT2D eigenvalue weighted by Crippen LogP contribution is -2.44. The predicted octanol–water partition coefficient (Wildman–Crippen LogP) is 4.25. The zero-order chi connectivity index (χ0) is 21.5. The minimum absolute atomic E-state index is 0.0684. The summed E-state index contributed by atoms with van der Waals surface area (Å²) in [5.74, 6) is 1.67. The molecule has 3 N–H and O–H groups in total. The van der Waals surface area contributed by atoms with Crippen LogP contribution in [-0.2, 0) is 10.8 Å². The van der Waals surface area contributed by atoms with E-state index in [0.717, 1.165) is 38.2 Å². The highest BCUT2D eigenvalue weighted by Crippen LogP contribution is 2.47. The fourth-order valence-corrected chi connectivity index (χ4v) is 6.62. The van der Waals surface area contributed by atoms with Crippen LogP contribution in [0.25, 0.3) is 0 Å². The van der Waals surface area contributed by atoms with Gasteiger partial charge in [-0.05, 0) is 66.3 Å². The lowest BCUT2D eigenvalue weighted by molar-refractivity contribution is 0.170. The molecular formula is C25H39N3OS.